The summed E-state index contributed by atoms with van der Waals surface area (Å²) >= 11 is 0. The molecule has 1 N–H and O–H groups in total. The van der Waals surface area contributed by atoms with Crippen molar-refractivity contribution in [2.75, 3.05) is 7.11 Å². The Kier molecular flexibility index (Phi) is 3.81. The smallest absolute Gasteiger partial charge is 0.317 e. The largest absolute Gasteiger partial charge is 0.462 e. The summed E-state index contributed by atoms with van der Waals surface area (Å²) in [6.45, 7) is 9.20. The third-order valence-corrected chi connectivity index (χ3v) is 6.62. The molecule has 0 radical (unpaired) electrons. The lowest BCUT2D eigenvalue weighted by Crippen LogP contribution is -2.70. The Bertz CT molecular complexity index is 572. The molecular weight excluding hydrogens is 312 g/mol. The van der Waals surface area contributed by atoms with Gasteiger partial charge in [0.1, 0.15) is 6.10 Å². The maximum absolute atomic E-state index is 12.8. The van der Waals surface area contributed by atoms with Crippen LogP contribution in [0.2, 0.25) is 0 Å². The molecular formula is C18H28O6. The van der Waals surface area contributed by atoms with Crippen LogP contribution in [0.15, 0.2) is 0 Å². The molecule has 2 aliphatic carbocycles. The number of rotatable bonds is 2. The van der Waals surface area contributed by atoms with Crippen molar-refractivity contribution in [3.05, 3.63) is 0 Å². The molecule has 0 amide bonds. The van der Waals surface area contributed by atoms with E-state index in [1.165, 1.54) is 14.0 Å². The van der Waals surface area contributed by atoms with Crippen molar-refractivity contribution < 1.29 is 28.9 Å². The first-order valence-electron chi connectivity index (χ1n) is 8.62. The monoisotopic (exact) mass is 340 g/mol. The zero-order valence-electron chi connectivity index (χ0n) is 15.3. The second-order valence-electron chi connectivity index (χ2n) is 8.70. The van der Waals surface area contributed by atoms with E-state index in [4.69, 9.17) is 14.2 Å². The van der Waals surface area contributed by atoms with Gasteiger partial charge in [0.2, 0.25) is 6.29 Å². The first-order chi connectivity index (χ1) is 11.0. The molecule has 3 rings (SSSR count). The zero-order valence-corrected chi connectivity index (χ0v) is 15.3. The highest BCUT2D eigenvalue weighted by Gasteiger charge is 2.78. The highest BCUT2D eigenvalue weighted by molar-refractivity contribution is 5.80. The van der Waals surface area contributed by atoms with Gasteiger partial charge in [-0.05, 0) is 31.1 Å². The van der Waals surface area contributed by atoms with E-state index in [-0.39, 0.29) is 29.1 Å². The zero-order chi connectivity index (χ0) is 18.1. The number of hydrogen-bond acceptors (Lipinski definition) is 6. The van der Waals surface area contributed by atoms with Crippen LogP contribution < -0.4 is 0 Å². The van der Waals surface area contributed by atoms with E-state index in [1.807, 2.05) is 20.8 Å². The van der Waals surface area contributed by atoms with E-state index < -0.39 is 29.4 Å². The van der Waals surface area contributed by atoms with E-state index >= 15 is 0 Å². The average molecular weight is 340 g/mol. The fourth-order valence-electron chi connectivity index (χ4n) is 6.09. The first-order valence-corrected chi connectivity index (χ1v) is 8.62. The number of methoxy groups -OCH3 is 1. The van der Waals surface area contributed by atoms with Crippen LogP contribution in [0.1, 0.15) is 47.5 Å². The maximum Gasteiger partial charge on any atom is 0.317 e. The lowest BCUT2D eigenvalue weighted by atomic mass is 9.54. The Labute approximate surface area is 142 Å². The van der Waals surface area contributed by atoms with Crippen molar-refractivity contribution in [1.29, 1.82) is 0 Å². The van der Waals surface area contributed by atoms with Gasteiger partial charge in [0.25, 0.3) is 0 Å². The van der Waals surface area contributed by atoms with Gasteiger partial charge in [0, 0.05) is 20.0 Å². The van der Waals surface area contributed by atoms with Crippen LogP contribution in [0.3, 0.4) is 0 Å². The fourth-order valence-corrected chi connectivity index (χ4v) is 6.09. The third-order valence-electron chi connectivity index (χ3n) is 6.62. The second-order valence-corrected chi connectivity index (χ2v) is 8.70. The van der Waals surface area contributed by atoms with Gasteiger partial charge in [-0.25, -0.2) is 0 Å². The highest BCUT2D eigenvalue weighted by atomic mass is 16.7. The van der Waals surface area contributed by atoms with Gasteiger partial charge in [0.15, 0.2) is 0 Å². The molecule has 7 atom stereocenters. The van der Waals surface area contributed by atoms with Gasteiger partial charge in [0.05, 0.1) is 16.9 Å². The van der Waals surface area contributed by atoms with Crippen LogP contribution in [0, 0.1) is 28.6 Å². The van der Waals surface area contributed by atoms with Crippen molar-refractivity contribution >= 4 is 11.9 Å². The van der Waals surface area contributed by atoms with Gasteiger partial charge in [-0.2, -0.15) is 0 Å². The second kappa shape index (κ2) is 5.18. The molecule has 7 unspecified atom stereocenters. The van der Waals surface area contributed by atoms with Crippen LogP contribution in [-0.4, -0.2) is 42.1 Å². The molecule has 2 saturated carbocycles. The van der Waals surface area contributed by atoms with Gasteiger partial charge in [-0.15, -0.1) is 0 Å². The number of esters is 2. The quantitative estimate of drug-likeness (QED) is 0.773. The molecule has 24 heavy (non-hydrogen) atoms. The SMILES string of the molecule is COC1OC(=O)C2(C)CC(C)(C)C3C(OC(C)=O)CC(C)C1C32O. The summed E-state index contributed by atoms with van der Waals surface area (Å²) in [5, 5.41) is 11.9. The molecule has 0 spiro atoms. The number of aliphatic hydroxyl groups is 1. The van der Waals surface area contributed by atoms with E-state index in [2.05, 4.69) is 0 Å². The molecule has 6 heteroatoms. The summed E-state index contributed by atoms with van der Waals surface area (Å²) in [6.07, 6.45) is -0.0924. The van der Waals surface area contributed by atoms with Crippen molar-refractivity contribution in [2.24, 2.45) is 28.6 Å². The number of hydrogen-bond donors (Lipinski definition) is 1. The van der Waals surface area contributed by atoms with Gasteiger partial charge >= 0.3 is 11.9 Å². The Morgan fingerprint density at radius 2 is 1.96 bits per heavy atom. The number of carbonyl (C=O) groups excluding carboxylic acids is 2. The standard InChI is InChI=1S/C18H28O6/c1-9-7-11(23-10(2)19)13-16(3,4)8-17(5)15(20)24-14(22-6)12(9)18(13,17)21/h9,11-14,21H,7-8H2,1-6H3. The Morgan fingerprint density at radius 3 is 2.50 bits per heavy atom. The minimum atomic E-state index is -1.33. The minimum Gasteiger partial charge on any atom is -0.462 e. The van der Waals surface area contributed by atoms with Crippen molar-refractivity contribution in [2.45, 2.75) is 65.5 Å². The maximum atomic E-state index is 12.8. The third kappa shape index (κ3) is 2.02. The van der Waals surface area contributed by atoms with Crippen molar-refractivity contribution in [1.82, 2.24) is 0 Å². The molecule has 1 heterocycles. The summed E-state index contributed by atoms with van der Waals surface area (Å²) in [6, 6.07) is 0. The first kappa shape index (κ1) is 17.7. The van der Waals surface area contributed by atoms with E-state index in [1.54, 1.807) is 6.92 Å². The summed E-state index contributed by atoms with van der Waals surface area (Å²) in [4.78, 5) is 24.4. The predicted octanol–water partition coefficient (Wildman–Crippen LogP) is 1.89. The molecule has 0 aromatic heterocycles. The summed E-state index contributed by atoms with van der Waals surface area (Å²) in [7, 11) is 1.49. The lowest BCUT2D eigenvalue weighted by molar-refractivity contribution is -0.301. The normalized spacial score (nSPS) is 49.3. The van der Waals surface area contributed by atoms with Crippen molar-refractivity contribution in [3.63, 3.8) is 0 Å². The summed E-state index contributed by atoms with van der Waals surface area (Å²) < 4.78 is 16.6. The van der Waals surface area contributed by atoms with Crippen LogP contribution in [-0.2, 0) is 23.8 Å². The van der Waals surface area contributed by atoms with Crippen LogP contribution >= 0.6 is 0 Å². The number of cyclic esters (lactones) is 1. The van der Waals surface area contributed by atoms with Gasteiger partial charge < -0.3 is 19.3 Å². The Balaban J connectivity index is 2.17. The van der Waals surface area contributed by atoms with Crippen LogP contribution in [0.25, 0.3) is 0 Å². The predicted molar refractivity (Wildman–Crippen MR) is 84.7 cm³/mol. The molecule has 0 aromatic carbocycles. The van der Waals surface area contributed by atoms with Crippen molar-refractivity contribution in [3.8, 4) is 0 Å². The molecule has 3 aliphatic rings. The Hall–Kier alpha value is -1.14. The molecule has 1 saturated heterocycles. The molecule has 0 bridgehead atoms. The molecule has 0 aromatic rings. The molecule has 3 fully saturated rings. The lowest BCUT2D eigenvalue weighted by Gasteiger charge is -2.58. The molecule has 1 aliphatic heterocycles. The number of carbonyl (C=O) groups is 2. The fraction of sp³-hybridized carbons (Fsp3) is 0.889. The minimum absolute atomic E-state index is 0.0122. The topological polar surface area (TPSA) is 82.1 Å². The summed E-state index contributed by atoms with van der Waals surface area (Å²) in [5.41, 5.74) is -2.73. The van der Waals surface area contributed by atoms with Crippen LogP contribution in [0.4, 0.5) is 0 Å². The van der Waals surface area contributed by atoms with Crippen LogP contribution in [0.5, 0.6) is 0 Å². The highest BCUT2D eigenvalue weighted by Crippen LogP contribution is 2.69. The van der Waals surface area contributed by atoms with Gasteiger partial charge in [-0.1, -0.05) is 20.8 Å². The molecule has 136 valence electrons. The van der Waals surface area contributed by atoms with E-state index in [9.17, 15) is 14.7 Å². The summed E-state index contributed by atoms with van der Waals surface area (Å²) in [5.74, 6) is -1.49. The average Bonchev–Trinajstić information content (AvgIpc) is 2.59. The Morgan fingerprint density at radius 1 is 1.33 bits per heavy atom. The van der Waals surface area contributed by atoms with E-state index in [0.717, 1.165) is 0 Å². The van der Waals surface area contributed by atoms with Gasteiger partial charge in [-0.3, -0.25) is 9.59 Å². The molecule has 6 nitrogen and oxygen atoms in total. The number of ether oxygens (including phenoxy) is 3. The van der Waals surface area contributed by atoms with E-state index in [0.29, 0.717) is 12.8 Å².